The van der Waals surface area contributed by atoms with Crippen LogP contribution in [0.3, 0.4) is 0 Å². The molecular weight excluding hydrogens is 220 g/mol. The number of aromatic nitrogens is 2. The number of rotatable bonds is 2. The summed E-state index contributed by atoms with van der Waals surface area (Å²) in [5.41, 5.74) is 5.86. The minimum atomic E-state index is -0.505. The second-order valence-electron chi connectivity index (χ2n) is 3.30. The van der Waals surface area contributed by atoms with Crippen LogP contribution in [-0.4, -0.2) is 21.0 Å². The molecule has 2 aromatic heterocycles. The van der Waals surface area contributed by atoms with Crippen molar-refractivity contribution in [2.45, 2.75) is 0 Å². The molecule has 0 saturated carbocycles. The number of nitrogen functional groups attached to an aromatic ring is 1. The van der Waals surface area contributed by atoms with Crippen LogP contribution in [0.15, 0.2) is 36.7 Å². The van der Waals surface area contributed by atoms with E-state index in [-0.39, 0.29) is 11.4 Å². The summed E-state index contributed by atoms with van der Waals surface area (Å²) in [6, 6.07) is 6.11. The Morgan fingerprint density at radius 2 is 2.12 bits per heavy atom. The van der Waals surface area contributed by atoms with Gasteiger partial charge in [0.15, 0.2) is 5.69 Å². The number of amides is 1. The van der Waals surface area contributed by atoms with Crippen molar-refractivity contribution < 1.29 is 9.90 Å². The number of nitrogens with one attached hydrogen (secondary N) is 1. The molecule has 0 bridgehead atoms. The third-order valence-corrected chi connectivity index (χ3v) is 2.05. The Morgan fingerprint density at radius 1 is 1.29 bits per heavy atom. The molecule has 17 heavy (non-hydrogen) atoms. The molecule has 0 aliphatic rings. The summed E-state index contributed by atoms with van der Waals surface area (Å²) in [4.78, 5) is 19.3. The van der Waals surface area contributed by atoms with Gasteiger partial charge in [-0.1, -0.05) is 0 Å². The first-order valence-electron chi connectivity index (χ1n) is 4.83. The van der Waals surface area contributed by atoms with Gasteiger partial charge in [-0.05, 0) is 24.3 Å². The maximum absolute atomic E-state index is 11.7. The fourth-order valence-electron chi connectivity index (χ4n) is 1.24. The van der Waals surface area contributed by atoms with Crippen LogP contribution >= 0.6 is 0 Å². The van der Waals surface area contributed by atoms with Crippen LogP contribution in [0.5, 0.6) is 5.75 Å². The van der Waals surface area contributed by atoms with Crippen LogP contribution in [0.1, 0.15) is 10.5 Å². The van der Waals surface area contributed by atoms with Crippen molar-refractivity contribution in [2.75, 3.05) is 11.1 Å². The van der Waals surface area contributed by atoms with Gasteiger partial charge in [0.1, 0.15) is 11.6 Å². The van der Waals surface area contributed by atoms with E-state index in [1.54, 1.807) is 12.1 Å². The first-order valence-corrected chi connectivity index (χ1v) is 4.83. The highest BCUT2D eigenvalue weighted by Crippen LogP contribution is 2.15. The van der Waals surface area contributed by atoms with E-state index in [9.17, 15) is 9.90 Å². The summed E-state index contributed by atoms with van der Waals surface area (Å²) in [6.45, 7) is 0. The highest BCUT2D eigenvalue weighted by molar-refractivity contribution is 6.04. The third kappa shape index (κ3) is 2.49. The summed E-state index contributed by atoms with van der Waals surface area (Å²) >= 11 is 0. The molecule has 86 valence electrons. The standard InChI is InChI=1S/C11H10N4O2/c12-9-4-3-7(6-14-9)15-11(17)10-8(16)2-1-5-13-10/h1-6,16H,(H2,12,14)(H,15,17). The van der Waals surface area contributed by atoms with Gasteiger partial charge in [0, 0.05) is 6.20 Å². The molecule has 1 amide bonds. The fourth-order valence-corrected chi connectivity index (χ4v) is 1.24. The molecule has 0 saturated heterocycles. The molecule has 0 spiro atoms. The summed E-state index contributed by atoms with van der Waals surface area (Å²) in [5, 5.41) is 12.0. The van der Waals surface area contributed by atoms with E-state index in [2.05, 4.69) is 15.3 Å². The van der Waals surface area contributed by atoms with Gasteiger partial charge in [-0.15, -0.1) is 0 Å². The van der Waals surface area contributed by atoms with Crippen molar-refractivity contribution in [3.05, 3.63) is 42.4 Å². The van der Waals surface area contributed by atoms with E-state index in [1.807, 2.05) is 0 Å². The Kier molecular flexibility index (Phi) is 2.87. The number of carbonyl (C=O) groups excluding carboxylic acids is 1. The maximum atomic E-state index is 11.7. The average Bonchev–Trinajstić information content (AvgIpc) is 2.32. The number of pyridine rings is 2. The van der Waals surface area contributed by atoms with E-state index >= 15 is 0 Å². The Morgan fingerprint density at radius 3 is 2.76 bits per heavy atom. The summed E-state index contributed by atoms with van der Waals surface area (Å²) in [5.74, 6) is -0.313. The molecule has 2 heterocycles. The van der Waals surface area contributed by atoms with Gasteiger partial charge in [0.05, 0.1) is 11.9 Å². The van der Waals surface area contributed by atoms with Crippen LogP contribution in [0.25, 0.3) is 0 Å². The molecule has 2 aromatic rings. The lowest BCUT2D eigenvalue weighted by atomic mass is 10.3. The number of nitrogens with zero attached hydrogens (tertiary/aromatic N) is 2. The number of aromatic hydroxyl groups is 1. The lowest BCUT2D eigenvalue weighted by Crippen LogP contribution is -2.13. The van der Waals surface area contributed by atoms with Gasteiger partial charge in [-0.25, -0.2) is 9.97 Å². The molecule has 0 atom stereocenters. The summed E-state index contributed by atoms with van der Waals surface area (Å²) < 4.78 is 0. The van der Waals surface area contributed by atoms with Gasteiger partial charge < -0.3 is 16.2 Å². The van der Waals surface area contributed by atoms with Crippen LogP contribution in [-0.2, 0) is 0 Å². The van der Waals surface area contributed by atoms with Crippen molar-refractivity contribution in [1.29, 1.82) is 0 Å². The number of carbonyl (C=O) groups is 1. The average molecular weight is 230 g/mol. The minimum absolute atomic E-state index is 0.0377. The lowest BCUT2D eigenvalue weighted by Gasteiger charge is -2.05. The SMILES string of the molecule is Nc1ccc(NC(=O)c2ncccc2O)cn1. The van der Waals surface area contributed by atoms with Crippen molar-refractivity contribution in [1.82, 2.24) is 9.97 Å². The van der Waals surface area contributed by atoms with E-state index in [0.717, 1.165) is 0 Å². The zero-order chi connectivity index (χ0) is 12.3. The van der Waals surface area contributed by atoms with Crippen molar-refractivity contribution in [3.63, 3.8) is 0 Å². The molecule has 0 aliphatic carbocycles. The first kappa shape index (κ1) is 10.9. The van der Waals surface area contributed by atoms with Crippen LogP contribution in [0, 0.1) is 0 Å². The number of anilines is 2. The lowest BCUT2D eigenvalue weighted by molar-refractivity contribution is 0.101. The molecule has 0 unspecified atom stereocenters. The second kappa shape index (κ2) is 4.48. The first-order chi connectivity index (χ1) is 8.16. The number of nitrogens with two attached hydrogens (primary N) is 1. The van der Waals surface area contributed by atoms with Gasteiger partial charge in [-0.3, -0.25) is 4.79 Å². The topological polar surface area (TPSA) is 101 Å². The highest BCUT2D eigenvalue weighted by Gasteiger charge is 2.12. The molecule has 6 nitrogen and oxygen atoms in total. The van der Waals surface area contributed by atoms with E-state index < -0.39 is 5.91 Å². The van der Waals surface area contributed by atoms with E-state index in [0.29, 0.717) is 11.5 Å². The van der Waals surface area contributed by atoms with Gasteiger partial charge in [0.25, 0.3) is 5.91 Å². The predicted molar refractivity (Wildman–Crippen MR) is 62.5 cm³/mol. The predicted octanol–water partition coefficient (Wildman–Crippen LogP) is 1.02. The zero-order valence-corrected chi connectivity index (χ0v) is 8.79. The Hall–Kier alpha value is -2.63. The summed E-state index contributed by atoms with van der Waals surface area (Å²) in [6.07, 6.45) is 2.85. The molecule has 6 heteroatoms. The fraction of sp³-hybridized carbons (Fsp3) is 0. The Balaban J connectivity index is 2.17. The summed E-state index contributed by atoms with van der Waals surface area (Å²) in [7, 11) is 0. The van der Waals surface area contributed by atoms with Gasteiger partial charge >= 0.3 is 0 Å². The molecule has 0 aliphatic heterocycles. The molecule has 0 radical (unpaired) electrons. The quantitative estimate of drug-likeness (QED) is 0.714. The van der Waals surface area contributed by atoms with Crippen molar-refractivity contribution in [2.24, 2.45) is 0 Å². The molecule has 2 rings (SSSR count). The zero-order valence-electron chi connectivity index (χ0n) is 8.79. The molecule has 0 aromatic carbocycles. The Labute approximate surface area is 97.1 Å². The third-order valence-electron chi connectivity index (χ3n) is 2.05. The normalized spacial score (nSPS) is 9.88. The van der Waals surface area contributed by atoms with Crippen LogP contribution in [0.2, 0.25) is 0 Å². The monoisotopic (exact) mass is 230 g/mol. The van der Waals surface area contributed by atoms with E-state index in [4.69, 9.17) is 5.73 Å². The van der Waals surface area contributed by atoms with E-state index in [1.165, 1.54) is 24.5 Å². The van der Waals surface area contributed by atoms with Gasteiger partial charge in [0.2, 0.25) is 0 Å². The van der Waals surface area contributed by atoms with Crippen molar-refractivity contribution >= 4 is 17.4 Å². The second-order valence-corrected chi connectivity index (χ2v) is 3.30. The highest BCUT2D eigenvalue weighted by atomic mass is 16.3. The largest absolute Gasteiger partial charge is 0.505 e. The minimum Gasteiger partial charge on any atom is -0.505 e. The number of hydrogen-bond acceptors (Lipinski definition) is 5. The van der Waals surface area contributed by atoms with Gasteiger partial charge in [-0.2, -0.15) is 0 Å². The van der Waals surface area contributed by atoms with Crippen LogP contribution in [0.4, 0.5) is 11.5 Å². The number of hydrogen-bond donors (Lipinski definition) is 3. The molecule has 0 fully saturated rings. The van der Waals surface area contributed by atoms with Crippen LogP contribution < -0.4 is 11.1 Å². The Bertz CT molecular complexity index is 539. The molecule has 4 N–H and O–H groups in total. The van der Waals surface area contributed by atoms with Crippen molar-refractivity contribution in [3.8, 4) is 5.75 Å². The maximum Gasteiger partial charge on any atom is 0.278 e. The molecular formula is C11H10N4O2. The smallest absolute Gasteiger partial charge is 0.278 e.